The molecule has 1 aliphatic heterocycles. The van der Waals surface area contributed by atoms with E-state index >= 15 is 0 Å². The normalized spacial score (nSPS) is 16.8. The van der Waals surface area contributed by atoms with E-state index in [1.165, 1.54) is 0 Å². The number of carbonyl (C=O) groups excluding carboxylic acids is 1. The number of nitriles is 1. The SMILES string of the molecule is COc1c([C@@H]2CCCN2C(=O)c2ccc(C#N)c(C)n2)c(C)nn1C. The molecule has 3 rings (SSSR count). The number of hydrogen-bond donors (Lipinski definition) is 0. The van der Waals surface area contributed by atoms with E-state index in [0.717, 1.165) is 24.1 Å². The van der Waals surface area contributed by atoms with Gasteiger partial charge in [-0.2, -0.15) is 10.4 Å². The molecule has 0 aromatic carbocycles. The van der Waals surface area contributed by atoms with Crippen LogP contribution in [0.2, 0.25) is 0 Å². The number of carbonyl (C=O) groups is 1. The minimum absolute atomic E-state index is 0.0751. The number of pyridine rings is 1. The first-order valence-corrected chi connectivity index (χ1v) is 8.24. The van der Waals surface area contributed by atoms with Crippen molar-refractivity contribution in [3.05, 3.63) is 40.3 Å². The number of nitrogens with zero attached hydrogens (tertiary/aromatic N) is 5. The molecule has 0 N–H and O–H groups in total. The van der Waals surface area contributed by atoms with Crippen LogP contribution < -0.4 is 4.74 Å². The Kier molecular flexibility index (Phi) is 4.45. The summed E-state index contributed by atoms with van der Waals surface area (Å²) in [6, 6.07) is 5.27. The molecule has 1 fully saturated rings. The van der Waals surface area contributed by atoms with Crippen molar-refractivity contribution in [2.75, 3.05) is 13.7 Å². The largest absolute Gasteiger partial charge is 0.481 e. The highest BCUT2D eigenvalue weighted by Crippen LogP contribution is 2.39. The third kappa shape index (κ3) is 2.84. The zero-order valence-corrected chi connectivity index (χ0v) is 14.9. The molecule has 3 heterocycles. The molecule has 0 aliphatic carbocycles. The maximum Gasteiger partial charge on any atom is 0.272 e. The fourth-order valence-electron chi connectivity index (χ4n) is 3.53. The molecule has 1 aliphatic rings. The zero-order valence-electron chi connectivity index (χ0n) is 14.9. The second-order valence-corrected chi connectivity index (χ2v) is 6.23. The Hall–Kier alpha value is -2.88. The minimum atomic E-state index is -0.125. The molecule has 0 saturated carbocycles. The first-order chi connectivity index (χ1) is 12.0. The average Bonchev–Trinajstić information content (AvgIpc) is 3.17. The van der Waals surface area contributed by atoms with Crippen molar-refractivity contribution in [2.45, 2.75) is 32.7 Å². The van der Waals surface area contributed by atoms with Crippen molar-refractivity contribution < 1.29 is 9.53 Å². The van der Waals surface area contributed by atoms with E-state index in [1.807, 2.05) is 18.9 Å². The van der Waals surface area contributed by atoms with Crippen molar-refractivity contribution in [2.24, 2.45) is 7.05 Å². The molecule has 25 heavy (non-hydrogen) atoms. The lowest BCUT2D eigenvalue weighted by Gasteiger charge is -2.25. The monoisotopic (exact) mass is 339 g/mol. The van der Waals surface area contributed by atoms with Crippen molar-refractivity contribution in [3.63, 3.8) is 0 Å². The van der Waals surface area contributed by atoms with Crippen LogP contribution in [0.5, 0.6) is 5.88 Å². The molecular formula is C18H21N5O2. The lowest BCUT2D eigenvalue weighted by molar-refractivity contribution is 0.0727. The Morgan fingerprint density at radius 3 is 2.76 bits per heavy atom. The second-order valence-electron chi connectivity index (χ2n) is 6.23. The summed E-state index contributed by atoms with van der Waals surface area (Å²) in [5, 5.41) is 13.5. The summed E-state index contributed by atoms with van der Waals surface area (Å²) in [4.78, 5) is 19.2. The summed E-state index contributed by atoms with van der Waals surface area (Å²) in [5.74, 6) is 0.562. The Morgan fingerprint density at radius 2 is 2.12 bits per heavy atom. The highest BCUT2D eigenvalue weighted by atomic mass is 16.5. The Balaban J connectivity index is 1.96. The quantitative estimate of drug-likeness (QED) is 0.856. The summed E-state index contributed by atoms with van der Waals surface area (Å²) in [7, 11) is 3.45. The van der Waals surface area contributed by atoms with Gasteiger partial charge in [-0.3, -0.25) is 4.79 Å². The summed E-state index contributed by atoms with van der Waals surface area (Å²) < 4.78 is 7.21. The topological polar surface area (TPSA) is 84.0 Å². The van der Waals surface area contributed by atoms with Gasteiger partial charge in [0.2, 0.25) is 5.88 Å². The van der Waals surface area contributed by atoms with Crippen LogP contribution in [0, 0.1) is 25.2 Å². The van der Waals surface area contributed by atoms with E-state index < -0.39 is 0 Å². The molecule has 0 bridgehead atoms. The predicted molar refractivity (Wildman–Crippen MR) is 91.2 cm³/mol. The number of ether oxygens (including phenoxy) is 1. The molecule has 130 valence electrons. The smallest absolute Gasteiger partial charge is 0.272 e. The molecule has 7 nitrogen and oxygen atoms in total. The molecule has 1 atom stereocenters. The van der Waals surface area contributed by atoms with E-state index in [1.54, 1.807) is 30.8 Å². The highest BCUT2D eigenvalue weighted by molar-refractivity contribution is 5.93. The zero-order chi connectivity index (χ0) is 18.1. The summed E-state index contributed by atoms with van der Waals surface area (Å²) in [6.45, 7) is 4.34. The number of likely N-dealkylation sites (tertiary alicyclic amines) is 1. The second kappa shape index (κ2) is 6.55. The van der Waals surface area contributed by atoms with Crippen molar-refractivity contribution in [3.8, 4) is 11.9 Å². The van der Waals surface area contributed by atoms with E-state index in [2.05, 4.69) is 16.2 Å². The van der Waals surface area contributed by atoms with Crippen LogP contribution >= 0.6 is 0 Å². The molecule has 0 unspecified atom stereocenters. The predicted octanol–water partition coefficient (Wildman–Crippen LogP) is 2.29. The molecular weight excluding hydrogens is 318 g/mol. The summed E-state index contributed by atoms with van der Waals surface area (Å²) in [5.41, 5.74) is 3.25. The van der Waals surface area contributed by atoms with Crippen molar-refractivity contribution in [1.29, 1.82) is 5.26 Å². The number of amides is 1. The first-order valence-electron chi connectivity index (χ1n) is 8.24. The van der Waals surface area contributed by atoms with Gasteiger partial charge in [0.1, 0.15) is 11.8 Å². The number of hydrogen-bond acceptors (Lipinski definition) is 5. The molecule has 0 spiro atoms. The van der Waals surface area contributed by atoms with Crippen LogP contribution in [0.3, 0.4) is 0 Å². The Bertz CT molecular complexity index is 865. The Labute approximate surface area is 146 Å². The highest BCUT2D eigenvalue weighted by Gasteiger charge is 2.35. The van der Waals surface area contributed by atoms with Crippen LogP contribution in [0.25, 0.3) is 0 Å². The lowest BCUT2D eigenvalue weighted by Crippen LogP contribution is -2.31. The molecule has 2 aromatic heterocycles. The van der Waals surface area contributed by atoms with Gasteiger partial charge in [-0.05, 0) is 38.8 Å². The van der Waals surface area contributed by atoms with Gasteiger partial charge < -0.3 is 9.64 Å². The lowest BCUT2D eigenvalue weighted by atomic mass is 10.0. The third-order valence-electron chi connectivity index (χ3n) is 4.68. The van der Waals surface area contributed by atoms with Gasteiger partial charge in [-0.15, -0.1) is 0 Å². The van der Waals surface area contributed by atoms with Crippen LogP contribution in [0.1, 0.15) is 51.9 Å². The van der Waals surface area contributed by atoms with Gasteiger partial charge in [0.05, 0.1) is 35.7 Å². The Morgan fingerprint density at radius 1 is 1.36 bits per heavy atom. The first kappa shape index (κ1) is 17.0. The number of methoxy groups -OCH3 is 1. The number of aromatic nitrogens is 3. The van der Waals surface area contributed by atoms with Crippen LogP contribution in [0.15, 0.2) is 12.1 Å². The van der Waals surface area contributed by atoms with Crippen LogP contribution in [-0.4, -0.2) is 39.2 Å². The fourth-order valence-corrected chi connectivity index (χ4v) is 3.53. The van der Waals surface area contributed by atoms with Crippen molar-refractivity contribution >= 4 is 5.91 Å². The number of aryl methyl sites for hydroxylation is 3. The van der Waals surface area contributed by atoms with Crippen molar-refractivity contribution in [1.82, 2.24) is 19.7 Å². The average molecular weight is 339 g/mol. The van der Waals surface area contributed by atoms with Gasteiger partial charge in [0, 0.05) is 13.6 Å². The molecule has 1 saturated heterocycles. The van der Waals surface area contributed by atoms with E-state index in [0.29, 0.717) is 29.4 Å². The van der Waals surface area contributed by atoms with E-state index in [-0.39, 0.29) is 11.9 Å². The summed E-state index contributed by atoms with van der Waals surface area (Å²) >= 11 is 0. The van der Waals surface area contributed by atoms with Crippen LogP contribution in [0.4, 0.5) is 0 Å². The number of rotatable bonds is 3. The molecule has 1 amide bonds. The summed E-state index contributed by atoms with van der Waals surface area (Å²) in [6.07, 6.45) is 1.78. The molecule has 7 heteroatoms. The molecule has 2 aromatic rings. The van der Waals surface area contributed by atoms with E-state index in [4.69, 9.17) is 10.00 Å². The van der Waals surface area contributed by atoms with Gasteiger partial charge >= 0.3 is 0 Å². The third-order valence-corrected chi connectivity index (χ3v) is 4.68. The van der Waals surface area contributed by atoms with Gasteiger partial charge in [0.25, 0.3) is 5.91 Å². The maximum absolute atomic E-state index is 13.0. The minimum Gasteiger partial charge on any atom is -0.481 e. The standard InChI is InChI=1S/C18H21N5O2/c1-11-13(10-19)7-8-14(20-11)17(24)23-9-5-6-15(23)16-12(2)21-22(3)18(16)25-4/h7-8,15H,5-6,9H2,1-4H3/t15-/m0/s1. The van der Waals surface area contributed by atoms with Gasteiger partial charge in [-0.1, -0.05) is 0 Å². The maximum atomic E-state index is 13.0. The van der Waals surface area contributed by atoms with Gasteiger partial charge in [-0.25, -0.2) is 9.67 Å². The fraction of sp³-hybridized carbons (Fsp3) is 0.444. The van der Waals surface area contributed by atoms with Gasteiger partial charge in [0.15, 0.2) is 0 Å². The molecule has 0 radical (unpaired) electrons. The van der Waals surface area contributed by atoms with Crippen LogP contribution in [-0.2, 0) is 7.05 Å². The van der Waals surface area contributed by atoms with E-state index in [9.17, 15) is 4.79 Å².